The fourth-order valence-electron chi connectivity index (χ4n) is 2.03. The van der Waals surface area contributed by atoms with Crippen molar-refractivity contribution in [3.63, 3.8) is 0 Å². The summed E-state index contributed by atoms with van der Waals surface area (Å²) in [6.07, 6.45) is 3.17. The molecule has 0 radical (unpaired) electrons. The Kier molecular flexibility index (Phi) is 2.33. The van der Waals surface area contributed by atoms with Crippen LogP contribution >= 0.6 is 0 Å². The lowest BCUT2D eigenvalue weighted by Crippen LogP contribution is -2.28. The molecule has 0 bridgehead atoms. The van der Waals surface area contributed by atoms with E-state index in [4.69, 9.17) is 9.47 Å². The van der Waals surface area contributed by atoms with Gasteiger partial charge in [-0.15, -0.1) is 0 Å². The Bertz CT molecular complexity index is 468. The van der Waals surface area contributed by atoms with E-state index in [-0.39, 0.29) is 0 Å². The molecule has 3 rings (SSSR count). The third-order valence-corrected chi connectivity index (χ3v) is 2.83. The molecule has 0 fully saturated rings. The second-order valence-corrected chi connectivity index (χ2v) is 3.86. The second kappa shape index (κ2) is 3.98. The summed E-state index contributed by atoms with van der Waals surface area (Å²) < 4.78 is 11.4. The molecule has 0 spiro atoms. The Hall–Kier alpha value is -2.22. The molecule has 84 valence electrons. The monoisotopic (exact) mass is 224 g/mol. The summed E-state index contributed by atoms with van der Waals surface area (Å²) in [6.45, 7) is 0. The lowest BCUT2D eigenvalue weighted by atomic mass is 9.97. The fourth-order valence-corrected chi connectivity index (χ4v) is 2.03. The van der Waals surface area contributed by atoms with E-state index in [0.717, 1.165) is 11.1 Å². The average molecular weight is 224 g/mol. The molecule has 2 aromatic carbocycles. The quantitative estimate of drug-likeness (QED) is 0.778. The zero-order chi connectivity index (χ0) is 11.6. The van der Waals surface area contributed by atoms with Crippen LogP contribution in [0, 0.1) is 0 Å². The van der Waals surface area contributed by atoms with Gasteiger partial charge in [0.25, 0.3) is 0 Å². The predicted octanol–water partition coefficient (Wildman–Crippen LogP) is 3.41. The normalized spacial score (nSPS) is 16.2. The molecule has 0 aromatic heterocycles. The van der Waals surface area contributed by atoms with Crippen LogP contribution < -0.4 is 0 Å². The summed E-state index contributed by atoms with van der Waals surface area (Å²) in [5.41, 5.74) is 1.97. The zero-order valence-corrected chi connectivity index (χ0v) is 9.24. The highest BCUT2D eigenvalue weighted by Crippen LogP contribution is 2.38. The molecular weight excluding hydrogens is 212 g/mol. The lowest BCUT2D eigenvalue weighted by Gasteiger charge is -2.28. The van der Waals surface area contributed by atoms with Crippen LogP contribution in [0.5, 0.6) is 0 Å². The Morgan fingerprint density at radius 1 is 0.588 bits per heavy atom. The van der Waals surface area contributed by atoms with Gasteiger partial charge in [0, 0.05) is 11.1 Å². The fraction of sp³-hybridized carbons (Fsp3) is 0.0667. The summed E-state index contributed by atoms with van der Waals surface area (Å²) in [6, 6.07) is 19.9. The van der Waals surface area contributed by atoms with Crippen molar-refractivity contribution >= 4 is 0 Å². The molecule has 2 aromatic rings. The summed E-state index contributed by atoms with van der Waals surface area (Å²) in [5, 5.41) is 0. The summed E-state index contributed by atoms with van der Waals surface area (Å²) in [7, 11) is 0. The molecule has 1 aliphatic rings. The van der Waals surface area contributed by atoms with Crippen molar-refractivity contribution in [3.8, 4) is 0 Å². The van der Waals surface area contributed by atoms with Gasteiger partial charge in [0.1, 0.15) is 12.5 Å². The second-order valence-electron chi connectivity index (χ2n) is 3.86. The minimum absolute atomic E-state index is 0.831. The van der Waals surface area contributed by atoms with E-state index in [1.54, 1.807) is 12.5 Å². The van der Waals surface area contributed by atoms with E-state index in [1.165, 1.54) is 0 Å². The highest BCUT2D eigenvalue weighted by molar-refractivity contribution is 5.35. The van der Waals surface area contributed by atoms with Gasteiger partial charge in [-0.3, -0.25) is 0 Å². The van der Waals surface area contributed by atoms with Crippen LogP contribution in [0.4, 0.5) is 0 Å². The van der Waals surface area contributed by atoms with Gasteiger partial charge >= 0.3 is 5.79 Å². The molecule has 0 saturated carbocycles. The third kappa shape index (κ3) is 1.58. The third-order valence-electron chi connectivity index (χ3n) is 2.83. The molecule has 1 aliphatic heterocycles. The van der Waals surface area contributed by atoms with Crippen molar-refractivity contribution < 1.29 is 9.47 Å². The highest BCUT2D eigenvalue weighted by atomic mass is 16.7. The molecule has 2 nitrogen and oxygen atoms in total. The molecule has 0 saturated heterocycles. The van der Waals surface area contributed by atoms with Gasteiger partial charge < -0.3 is 9.47 Å². The van der Waals surface area contributed by atoms with Crippen molar-refractivity contribution in [3.05, 3.63) is 84.3 Å². The first-order valence-corrected chi connectivity index (χ1v) is 5.53. The van der Waals surface area contributed by atoms with Gasteiger partial charge in [0.05, 0.1) is 0 Å². The molecule has 0 N–H and O–H groups in total. The van der Waals surface area contributed by atoms with Crippen molar-refractivity contribution in [1.82, 2.24) is 0 Å². The largest absolute Gasteiger partial charge is 0.449 e. The first-order chi connectivity index (χ1) is 8.42. The Labute approximate surface area is 100 Å². The molecule has 17 heavy (non-hydrogen) atoms. The maximum Gasteiger partial charge on any atom is 0.304 e. The number of hydrogen-bond donors (Lipinski definition) is 0. The Morgan fingerprint density at radius 3 is 1.41 bits per heavy atom. The molecule has 0 atom stereocenters. The minimum Gasteiger partial charge on any atom is -0.449 e. The van der Waals surface area contributed by atoms with E-state index < -0.39 is 5.79 Å². The maximum atomic E-state index is 5.71. The van der Waals surface area contributed by atoms with Gasteiger partial charge in [-0.1, -0.05) is 60.7 Å². The SMILES string of the molecule is C1=COC(c2ccccc2)(c2ccccc2)O1. The van der Waals surface area contributed by atoms with Gasteiger partial charge in [0.15, 0.2) is 0 Å². The summed E-state index contributed by atoms with van der Waals surface area (Å²) >= 11 is 0. The van der Waals surface area contributed by atoms with Gasteiger partial charge in [-0.05, 0) is 0 Å². The minimum atomic E-state index is -0.831. The Balaban J connectivity index is 2.12. The van der Waals surface area contributed by atoms with Gasteiger partial charge in [0.2, 0.25) is 0 Å². The van der Waals surface area contributed by atoms with Gasteiger partial charge in [-0.2, -0.15) is 0 Å². The molecule has 1 heterocycles. The number of benzene rings is 2. The molecule has 0 amide bonds. The molecule has 0 aliphatic carbocycles. The van der Waals surface area contributed by atoms with Crippen LogP contribution in [-0.2, 0) is 15.3 Å². The van der Waals surface area contributed by atoms with Gasteiger partial charge in [-0.25, -0.2) is 0 Å². The molecular formula is C15H12O2. The average Bonchev–Trinajstić information content (AvgIpc) is 2.91. The smallest absolute Gasteiger partial charge is 0.304 e. The number of hydrogen-bond acceptors (Lipinski definition) is 2. The van der Waals surface area contributed by atoms with Crippen LogP contribution in [-0.4, -0.2) is 0 Å². The molecule has 0 unspecified atom stereocenters. The topological polar surface area (TPSA) is 18.5 Å². The predicted molar refractivity (Wildman–Crippen MR) is 65.0 cm³/mol. The van der Waals surface area contributed by atoms with Crippen LogP contribution in [0.2, 0.25) is 0 Å². The van der Waals surface area contributed by atoms with Crippen LogP contribution in [0.15, 0.2) is 73.2 Å². The zero-order valence-electron chi connectivity index (χ0n) is 9.24. The number of rotatable bonds is 2. The van der Waals surface area contributed by atoms with Crippen molar-refractivity contribution in [2.24, 2.45) is 0 Å². The highest BCUT2D eigenvalue weighted by Gasteiger charge is 2.39. The Morgan fingerprint density at radius 2 is 1.00 bits per heavy atom. The van der Waals surface area contributed by atoms with Crippen LogP contribution in [0.25, 0.3) is 0 Å². The first-order valence-electron chi connectivity index (χ1n) is 5.53. The first kappa shape index (κ1) is 9.97. The van der Waals surface area contributed by atoms with E-state index in [0.29, 0.717) is 0 Å². The summed E-state index contributed by atoms with van der Waals surface area (Å²) in [5.74, 6) is -0.831. The van der Waals surface area contributed by atoms with Crippen molar-refractivity contribution in [1.29, 1.82) is 0 Å². The van der Waals surface area contributed by atoms with E-state index in [9.17, 15) is 0 Å². The van der Waals surface area contributed by atoms with Crippen molar-refractivity contribution in [2.45, 2.75) is 5.79 Å². The van der Waals surface area contributed by atoms with E-state index >= 15 is 0 Å². The molecule has 2 heteroatoms. The lowest BCUT2D eigenvalue weighted by molar-refractivity contribution is -0.112. The van der Waals surface area contributed by atoms with E-state index in [2.05, 4.69) is 0 Å². The van der Waals surface area contributed by atoms with Crippen LogP contribution in [0.3, 0.4) is 0 Å². The summed E-state index contributed by atoms with van der Waals surface area (Å²) in [4.78, 5) is 0. The number of ether oxygens (including phenoxy) is 2. The van der Waals surface area contributed by atoms with Crippen LogP contribution in [0.1, 0.15) is 11.1 Å². The van der Waals surface area contributed by atoms with Crippen molar-refractivity contribution in [2.75, 3.05) is 0 Å². The van der Waals surface area contributed by atoms with E-state index in [1.807, 2.05) is 60.7 Å². The maximum absolute atomic E-state index is 5.71. The standard InChI is InChI=1S/C15H12O2/c1-3-7-13(8-4-1)15(16-11-12-17-15)14-9-5-2-6-10-14/h1-12H.